The Morgan fingerprint density at radius 3 is 3.20 bits per heavy atom. The van der Waals surface area contributed by atoms with Crippen LogP contribution in [0.25, 0.3) is 10.4 Å². The molecule has 1 amide bonds. The van der Waals surface area contributed by atoms with Gasteiger partial charge in [-0.25, -0.2) is 4.98 Å². The number of amides is 1. The summed E-state index contributed by atoms with van der Waals surface area (Å²) in [7, 11) is 0. The number of hydrogen-bond donors (Lipinski definition) is 1. The van der Waals surface area contributed by atoms with Crippen LogP contribution in [0.3, 0.4) is 0 Å². The van der Waals surface area contributed by atoms with E-state index in [9.17, 15) is 4.79 Å². The van der Waals surface area contributed by atoms with Crippen molar-refractivity contribution in [3.05, 3.63) is 21.0 Å². The minimum atomic E-state index is 0.159. The first-order chi connectivity index (χ1) is 9.67. The van der Waals surface area contributed by atoms with Gasteiger partial charge in [0.1, 0.15) is 0 Å². The van der Waals surface area contributed by atoms with E-state index in [2.05, 4.69) is 15.0 Å². The van der Waals surface area contributed by atoms with Gasteiger partial charge in [0, 0.05) is 41.8 Å². The minimum absolute atomic E-state index is 0.159. The molecule has 0 radical (unpaired) electrons. The number of hydrogen-bond acceptors (Lipinski definition) is 5. The van der Waals surface area contributed by atoms with Crippen molar-refractivity contribution in [3.63, 3.8) is 0 Å². The van der Waals surface area contributed by atoms with Gasteiger partial charge in [0.2, 0.25) is 5.91 Å². The summed E-state index contributed by atoms with van der Waals surface area (Å²) < 4.78 is 0. The van der Waals surface area contributed by atoms with Gasteiger partial charge in [0.05, 0.1) is 5.69 Å². The maximum absolute atomic E-state index is 12.1. The van der Waals surface area contributed by atoms with Gasteiger partial charge >= 0.3 is 0 Å². The zero-order valence-corrected chi connectivity index (χ0v) is 11.8. The van der Waals surface area contributed by atoms with Gasteiger partial charge in [-0.2, -0.15) is 0 Å². The number of aryl methyl sites for hydroxylation is 1. The maximum atomic E-state index is 12.1. The van der Waals surface area contributed by atoms with E-state index in [0.29, 0.717) is 24.6 Å². The molecule has 0 aromatic carbocycles. The summed E-state index contributed by atoms with van der Waals surface area (Å²) in [6, 6.07) is 0.242. The van der Waals surface area contributed by atoms with Crippen LogP contribution in [-0.4, -0.2) is 34.9 Å². The second kappa shape index (κ2) is 5.30. The van der Waals surface area contributed by atoms with Crippen LogP contribution in [0.5, 0.6) is 0 Å². The van der Waals surface area contributed by atoms with Gasteiger partial charge in [-0.05, 0) is 24.3 Å². The molecule has 1 aromatic rings. The summed E-state index contributed by atoms with van der Waals surface area (Å²) in [4.78, 5) is 22.4. The molecule has 106 valence electrons. The lowest BCUT2D eigenvalue weighted by Crippen LogP contribution is -2.40. The number of likely N-dealkylation sites (tertiary alicyclic amines) is 1. The zero-order chi connectivity index (χ0) is 14.1. The van der Waals surface area contributed by atoms with Gasteiger partial charge in [0.15, 0.2) is 5.13 Å². The number of thiazole rings is 1. The monoisotopic (exact) mass is 292 g/mol. The molecular weight excluding hydrogens is 276 g/mol. The number of fused-ring (bicyclic) bond motifs is 1. The molecule has 7 nitrogen and oxygen atoms in total. The Bertz CT molecular complexity index is 579. The molecule has 0 spiro atoms. The minimum Gasteiger partial charge on any atom is -0.375 e. The Balaban J connectivity index is 1.68. The van der Waals surface area contributed by atoms with Crippen LogP contribution in [0.2, 0.25) is 0 Å². The Kier molecular flexibility index (Phi) is 3.50. The largest absolute Gasteiger partial charge is 0.375 e. The highest BCUT2D eigenvalue weighted by molar-refractivity contribution is 7.15. The van der Waals surface area contributed by atoms with Crippen molar-refractivity contribution in [3.8, 4) is 0 Å². The van der Waals surface area contributed by atoms with Gasteiger partial charge in [-0.3, -0.25) is 4.79 Å². The summed E-state index contributed by atoms with van der Waals surface area (Å²) in [5, 5.41) is 4.20. The van der Waals surface area contributed by atoms with Crippen molar-refractivity contribution in [1.82, 2.24) is 9.88 Å². The predicted molar refractivity (Wildman–Crippen MR) is 76.2 cm³/mol. The van der Waals surface area contributed by atoms with Crippen LogP contribution < -0.4 is 5.73 Å². The number of azide groups is 1. The first-order valence-electron chi connectivity index (χ1n) is 6.71. The third-order valence-electron chi connectivity index (χ3n) is 4.01. The predicted octanol–water partition coefficient (Wildman–Crippen LogP) is 1.74. The molecule has 1 aliphatic carbocycles. The quantitative estimate of drug-likeness (QED) is 0.520. The smallest absolute Gasteiger partial charge is 0.223 e. The number of carbonyl (C=O) groups excluding carboxylic acids is 1. The van der Waals surface area contributed by atoms with E-state index in [1.165, 1.54) is 16.2 Å². The van der Waals surface area contributed by atoms with E-state index in [-0.39, 0.29) is 17.9 Å². The molecule has 2 aliphatic rings. The van der Waals surface area contributed by atoms with E-state index >= 15 is 0 Å². The number of rotatable bonds is 3. The molecule has 2 N–H and O–H groups in total. The van der Waals surface area contributed by atoms with E-state index < -0.39 is 0 Å². The normalized spacial score (nSPS) is 25.4. The Hall–Kier alpha value is -1.79. The molecule has 0 bridgehead atoms. The molecule has 3 rings (SSSR count). The molecule has 1 aromatic heterocycles. The first kappa shape index (κ1) is 13.2. The second-order valence-electron chi connectivity index (χ2n) is 5.35. The van der Waals surface area contributed by atoms with Crippen LogP contribution in [0.1, 0.15) is 23.4 Å². The topological polar surface area (TPSA) is 108 Å². The number of carbonyl (C=O) groups is 1. The third-order valence-corrected chi connectivity index (χ3v) is 4.96. The third kappa shape index (κ3) is 2.44. The van der Waals surface area contributed by atoms with Crippen molar-refractivity contribution in [2.75, 3.05) is 18.8 Å². The molecular formula is C12H16N6OS. The fourth-order valence-electron chi connectivity index (χ4n) is 3.08. The number of nitrogen functional groups attached to an aromatic ring is 1. The number of nitrogens with two attached hydrogens (primary N) is 1. The fraction of sp³-hybridized carbons (Fsp3) is 0.667. The van der Waals surface area contributed by atoms with Gasteiger partial charge in [-0.15, -0.1) is 11.3 Å². The second-order valence-corrected chi connectivity index (χ2v) is 6.46. The lowest BCUT2D eigenvalue weighted by molar-refractivity contribution is -0.129. The summed E-state index contributed by atoms with van der Waals surface area (Å²) in [5.74, 6) is 0.334. The van der Waals surface area contributed by atoms with Gasteiger partial charge in [0.25, 0.3) is 0 Å². The van der Waals surface area contributed by atoms with E-state index in [1.807, 2.05) is 4.90 Å². The average Bonchev–Trinajstić information content (AvgIpc) is 2.97. The van der Waals surface area contributed by atoms with Gasteiger partial charge < -0.3 is 10.6 Å². The molecule has 20 heavy (non-hydrogen) atoms. The van der Waals surface area contributed by atoms with Crippen LogP contribution in [0, 0.1) is 5.92 Å². The first-order valence-corrected chi connectivity index (χ1v) is 7.53. The standard InChI is InChI=1S/C12H16N6OS/c13-12-16-9-2-1-8(4-10(9)20-12)18-6-7(3-11(18)19)5-15-17-14/h7-8H,1-6H2,(H2,13,16)/t7?,8-/m0/s1. The van der Waals surface area contributed by atoms with Crippen molar-refractivity contribution >= 4 is 22.4 Å². The maximum Gasteiger partial charge on any atom is 0.223 e. The molecule has 1 saturated heterocycles. The lowest BCUT2D eigenvalue weighted by atomic mass is 9.96. The Morgan fingerprint density at radius 2 is 2.40 bits per heavy atom. The molecule has 1 unspecified atom stereocenters. The fourth-order valence-corrected chi connectivity index (χ4v) is 4.03. The number of anilines is 1. The summed E-state index contributed by atoms with van der Waals surface area (Å²) in [6.07, 6.45) is 3.17. The summed E-state index contributed by atoms with van der Waals surface area (Å²) >= 11 is 1.53. The van der Waals surface area contributed by atoms with Crippen LogP contribution in [0.4, 0.5) is 5.13 Å². The molecule has 2 heterocycles. The highest BCUT2D eigenvalue weighted by atomic mass is 32.1. The van der Waals surface area contributed by atoms with E-state index in [0.717, 1.165) is 25.0 Å². The van der Waals surface area contributed by atoms with Crippen molar-refractivity contribution in [2.45, 2.75) is 31.7 Å². The van der Waals surface area contributed by atoms with Crippen LogP contribution in [0.15, 0.2) is 5.11 Å². The highest BCUT2D eigenvalue weighted by Gasteiger charge is 2.36. The molecule has 1 aliphatic heterocycles. The Labute approximate surface area is 120 Å². The van der Waals surface area contributed by atoms with Crippen LogP contribution >= 0.6 is 11.3 Å². The van der Waals surface area contributed by atoms with Gasteiger partial charge in [-0.1, -0.05) is 5.11 Å². The number of nitrogens with zero attached hydrogens (tertiary/aromatic N) is 5. The van der Waals surface area contributed by atoms with Crippen LogP contribution in [-0.2, 0) is 17.6 Å². The lowest BCUT2D eigenvalue weighted by Gasteiger charge is -2.30. The highest BCUT2D eigenvalue weighted by Crippen LogP contribution is 2.32. The van der Waals surface area contributed by atoms with E-state index in [1.54, 1.807) is 0 Å². The van der Waals surface area contributed by atoms with E-state index in [4.69, 9.17) is 11.3 Å². The van der Waals surface area contributed by atoms with Crippen molar-refractivity contribution < 1.29 is 4.79 Å². The molecule has 0 saturated carbocycles. The van der Waals surface area contributed by atoms with Crippen molar-refractivity contribution in [2.24, 2.45) is 11.0 Å². The zero-order valence-electron chi connectivity index (χ0n) is 11.0. The molecule has 8 heteroatoms. The summed E-state index contributed by atoms with van der Waals surface area (Å²) in [5.41, 5.74) is 15.2. The van der Waals surface area contributed by atoms with Crippen molar-refractivity contribution in [1.29, 1.82) is 0 Å². The number of aromatic nitrogens is 1. The molecule has 2 atom stereocenters. The Morgan fingerprint density at radius 1 is 1.55 bits per heavy atom. The summed E-state index contributed by atoms with van der Waals surface area (Å²) in [6.45, 7) is 1.11. The molecule has 1 fully saturated rings. The average molecular weight is 292 g/mol. The SMILES string of the molecule is [N-]=[N+]=NCC1CC(=O)N([C@H]2CCc3nc(N)sc3C2)C1.